The van der Waals surface area contributed by atoms with E-state index in [1.165, 1.54) is 12.8 Å². The van der Waals surface area contributed by atoms with Gasteiger partial charge in [-0.1, -0.05) is 11.6 Å². The third-order valence-electron chi connectivity index (χ3n) is 4.56. The molecule has 1 saturated carbocycles. The van der Waals surface area contributed by atoms with Crippen molar-refractivity contribution < 1.29 is 4.52 Å². The maximum atomic E-state index is 5.58. The van der Waals surface area contributed by atoms with Gasteiger partial charge in [0.25, 0.3) is 0 Å². The highest BCUT2D eigenvalue weighted by molar-refractivity contribution is 5.52. The average molecular weight is 256 g/mol. The quantitative estimate of drug-likeness (QED) is 0.887. The topological polar surface area (TPSA) is 63.8 Å². The zero-order valence-corrected chi connectivity index (χ0v) is 10.7. The van der Waals surface area contributed by atoms with Crippen molar-refractivity contribution in [1.29, 1.82) is 0 Å². The summed E-state index contributed by atoms with van der Waals surface area (Å²) in [7, 11) is 0. The van der Waals surface area contributed by atoms with E-state index in [0.29, 0.717) is 11.7 Å². The number of pyridine rings is 1. The molecule has 1 N–H and O–H groups in total. The van der Waals surface area contributed by atoms with Crippen LogP contribution in [0.4, 0.5) is 0 Å². The molecule has 1 saturated heterocycles. The van der Waals surface area contributed by atoms with Gasteiger partial charge in [-0.05, 0) is 37.4 Å². The van der Waals surface area contributed by atoms with Gasteiger partial charge in [0.1, 0.15) is 0 Å². The monoisotopic (exact) mass is 256 g/mol. The highest BCUT2D eigenvalue weighted by Gasteiger charge is 2.51. The van der Waals surface area contributed by atoms with Crippen molar-refractivity contribution in [3.8, 4) is 11.4 Å². The Morgan fingerprint density at radius 3 is 3.32 bits per heavy atom. The molecule has 2 atom stereocenters. The highest BCUT2D eigenvalue weighted by Crippen LogP contribution is 2.47. The molecule has 2 fully saturated rings. The molecule has 2 aromatic heterocycles. The van der Waals surface area contributed by atoms with E-state index >= 15 is 0 Å². The molecule has 2 aliphatic rings. The fourth-order valence-corrected chi connectivity index (χ4v) is 3.54. The molecule has 1 aliphatic carbocycles. The van der Waals surface area contributed by atoms with E-state index in [9.17, 15) is 0 Å². The summed E-state index contributed by atoms with van der Waals surface area (Å²) in [5.74, 6) is 2.10. The van der Waals surface area contributed by atoms with Gasteiger partial charge in [0.05, 0.1) is 5.41 Å². The van der Waals surface area contributed by atoms with E-state index in [1.807, 2.05) is 12.1 Å². The van der Waals surface area contributed by atoms with Crippen molar-refractivity contribution in [3.05, 3.63) is 30.4 Å². The van der Waals surface area contributed by atoms with Crippen LogP contribution < -0.4 is 5.32 Å². The predicted octanol–water partition coefficient (Wildman–Crippen LogP) is 1.77. The summed E-state index contributed by atoms with van der Waals surface area (Å²) in [4.78, 5) is 8.74. The van der Waals surface area contributed by atoms with Gasteiger partial charge >= 0.3 is 0 Å². The van der Waals surface area contributed by atoms with Crippen LogP contribution in [0.3, 0.4) is 0 Å². The van der Waals surface area contributed by atoms with Gasteiger partial charge in [0.15, 0.2) is 0 Å². The van der Waals surface area contributed by atoms with E-state index in [-0.39, 0.29) is 5.41 Å². The second kappa shape index (κ2) is 4.13. The molecule has 5 heteroatoms. The lowest BCUT2D eigenvalue weighted by atomic mass is 9.80. The van der Waals surface area contributed by atoms with Crippen molar-refractivity contribution in [3.63, 3.8) is 0 Å². The predicted molar refractivity (Wildman–Crippen MR) is 69.4 cm³/mol. The summed E-state index contributed by atoms with van der Waals surface area (Å²) in [6.45, 7) is 2.04. The number of hydrogen-bond donors (Lipinski definition) is 1. The van der Waals surface area contributed by atoms with Crippen LogP contribution in [0.25, 0.3) is 11.4 Å². The number of aromatic nitrogens is 3. The van der Waals surface area contributed by atoms with Crippen LogP contribution >= 0.6 is 0 Å². The second-order valence-corrected chi connectivity index (χ2v) is 5.54. The van der Waals surface area contributed by atoms with E-state index in [1.54, 1.807) is 12.4 Å². The number of nitrogens with one attached hydrogen (secondary N) is 1. The van der Waals surface area contributed by atoms with Crippen LogP contribution in [0.2, 0.25) is 0 Å². The summed E-state index contributed by atoms with van der Waals surface area (Å²) < 4.78 is 5.58. The zero-order chi connectivity index (χ0) is 12.7. The largest absolute Gasteiger partial charge is 0.338 e. The first-order valence-electron chi connectivity index (χ1n) is 6.84. The molecule has 2 aromatic rings. The van der Waals surface area contributed by atoms with Crippen LogP contribution in [0.15, 0.2) is 29.0 Å². The molecule has 0 spiro atoms. The molecule has 0 aromatic carbocycles. The number of nitrogens with zero attached hydrogens (tertiary/aromatic N) is 3. The Morgan fingerprint density at radius 2 is 2.42 bits per heavy atom. The lowest BCUT2D eigenvalue weighted by Gasteiger charge is -2.22. The first kappa shape index (κ1) is 11.1. The number of hydrogen-bond acceptors (Lipinski definition) is 5. The van der Waals surface area contributed by atoms with Gasteiger partial charge in [-0.25, -0.2) is 0 Å². The van der Waals surface area contributed by atoms with Crippen molar-refractivity contribution in [2.75, 3.05) is 13.1 Å². The molecular formula is C14H16N4O. The normalized spacial score (nSPS) is 29.6. The fraction of sp³-hybridized carbons (Fsp3) is 0.500. The van der Waals surface area contributed by atoms with Gasteiger partial charge in [0.2, 0.25) is 11.7 Å². The third-order valence-corrected chi connectivity index (χ3v) is 4.56. The molecule has 19 heavy (non-hydrogen) atoms. The molecule has 1 aliphatic heterocycles. The van der Waals surface area contributed by atoms with E-state index < -0.39 is 0 Å². The Morgan fingerprint density at radius 1 is 1.42 bits per heavy atom. The molecule has 0 radical (unpaired) electrons. The SMILES string of the molecule is c1cncc(-c2noc([C@@]34CCC[C@H]3CNC4)n2)c1. The highest BCUT2D eigenvalue weighted by atomic mass is 16.5. The Hall–Kier alpha value is -1.75. The second-order valence-electron chi connectivity index (χ2n) is 5.54. The molecular weight excluding hydrogens is 240 g/mol. The van der Waals surface area contributed by atoms with Crippen LogP contribution in [-0.2, 0) is 5.41 Å². The average Bonchev–Trinajstić information content (AvgIpc) is 3.14. The first-order chi connectivity index (χ1) is 9.38. The van der Waals surface area contributed by atoms with Gasteiger partial charge in [0, 0.05) is 24.5 Å². The van der Waals surface area contributed by atoms with Crippen LogP contribution in [0.1, 0.15) is 25.2 Å². The molecule has 4 rings (SSSR count). The van der Waals surface area contributed by atoms with Crippen LogP contribution in [0.5, 0.6) is 0 Å². The fourth-order valence-electron chi connectivity index (χ4n) is 3.54. The van der Waals surface area contributed by atoms with Gasteiger partial charge in [-0.3, -0.25) is 4.98 Å². The van der Waals surface area contributed by atoms with Crippen molar-refractivity contribution >= 4 is 0 Å². The third kappa shape index (κ3) is 1.61. The smallest absolute Gasteiger partial charge is 0.234 e. The van der Waals surface area contributed by atoms with E-state index in [2.05, 4.69) is 20.4 Å². The summed E-state index contributed by atoms with van der Waals surface area (Å²) >= 11 is 0. The zero-order valence-electron chi connectivity index (χ0n) is 10.7. The van der Waals surface area contributed by atoms with E-state index in [4.69, 9.17) is 4.52 Å². The van der Waals surface area contributed by atoms with E-state index in [0.717, 1.165) is 31.0 Å². The summed E-state index contributed by atoms with van der Waals surface area (Å²) in [5.41, 5.74) is 0.988. The standard InChI is InChI=1S/C14H16N4O/c1-4-11-8-16-9-14(11,5-1)13-17-12(18-19-13)10-3-2-6-15-7-10/h2-3,6-7,11,16H,1,4-5,8-9H2/t11-,14+/m0/s1. The minimum Gasteiger partial charge on any atom is -0.338 e. The maximum Gasteiger partial charge on any atom is 0.234 e. The lowest BCUT2D eigenvalue weighted by Crippen LogP contribution is -2.31. The minimum absolute atomic E-state index is 0.0768. The Balaban J connectivity index is 1.72. The summed E-state index contributed by atoms with van der Waals surface area (Å²) in [5, 5.41) is 7.60. The Labute approximate surface area is 111 Å². The summed E-state index contributed by atoms with van der Waals surface area (Å²) in [6, 6.07) is 3.84. The molecule has 0 amide bonds. The van der Waals surface area contributed by atoms with Crippen LogP contribution in [0, 0.1) is 5.92 Å². The van der Waals surface area contributed by atoms with Crippen molar-refractivity contribution in [1.82, 2.24) is 20.4 Å². The molecule has 98 valence electrons. The lowest BCUT2D eigenvalue weighted by molar-refractivity contribution is 0.265. The Bertz CT molecular complexity index is 570. The maximum absolute atomic E-state index is 5.58. The van der Waals surface area contributed by atoms with Gasteiger partial charge in [-0.15, -0.1) is 0 Å². The van der Waals surface area contributed by atoms with Gasteiger partial charge in [-0.2, -0.15) is 4.98 Å². The Kier molecular flexibility index (Phi) is 2.41. The van der Waals surface area contributed by atoms with Crippen molar-refractivity contribution in [2.45, 2.75) is 24.7 Å². The minimum atomic E-state index is 0.0768. The molecule has 3 heterocycles. The first-order valence-corrected chi connectivity index (χ1v) is 6.84. The number of rotatable bonds is 2. The summed E-state index contributed by atoms with van der Waals surface area (Å²) in [6.07, 6.45) is 7.19. The van der Waals surface area contributed by atoms with Gasteiger partial charge < -0.3 is 9.84 Å². The van der Waals surface area contributed by atoms with Crippen LogP contribution in [-0.4, -0.2) is 28.2 Å². The number of fused-ring (bicyclic) bond motifs is 1. The molecule has 5 nitrogen and oxygen atoms in total. The molecule has 0 unspecified atom stereocenters. The molecule has 0 bridgehead atoms. The van der Waals surface area contributed by atoms with Crippen molar-refractivity contribution in [2.24, 2.45) is 5.92 Å².